The zero-order valence-electron chi connectivity index (χ0n) is 13.3. The average Bonchev–Trinajstić information content (AvgIpc) is 3.02. The number of benzene rings is 1. The molecule has 23 heavy (non-hydrogen) atoms. The van der Waals surface area contributed by atoms with Crippen molar-refractivity contribution in [1.29, 1.82) is 0 Å². The van der Waals surface area contributed by atoms with Gasteiger partial charge in [0.25, 0.3) is 0 Å². The molecule has 1 aromatic carbocycles. The van der Waals surface area contributed by atoms with Gasteiger partial charge in [0.15, 0.2) is 0 Å². The standard InChI is InChI=1S/C15H20N6OS/c1-12-4-3-5-13(10-12)21-15(16-17-18-21)23-11-14(22)20-8-6-19(2)7-9-20/h3-5,10H,6-9,11H2,1-2H3. The molecule has 7 nitrogen and oxygen atoms in total. The van der Waals surface area contributed by atoms with E-state index in [-0.39, 0.29) is 5.91 Å². The van der Waals surface area contributed by atoms with E-state index < -0.39 is 0 Å². The average molecular weight is 332 g/mol. The number of amides is 1. The molecule has 0 unspecified atom stereocenters. The Bertz CT molecular complexity index is 680. The molecule has 0 bridgehead atoms. The van der Waals surface area contributed by atoms with Crippen molar-refractivity contribution >= 4 is 17.7 Å². The van der Waals surface area contributed by atoms with Crippen molar-refractivity contribution < 1.29 is 4.79 Å². The summed E-state index contributed by atoms with van der Waals surface area (Å²) in [4.78, 5) is 16.5. The Hall–Kier alpha value is -1.93. The number of nitrogens with zero attached hydrogens (tertiary/aromatic N) is 6. The van der Waals surface area contributed by atoms with Crippen LogP contribution in [0.4, 0.5) is 0 Å². The molecule has 1 fully saturated rings. The van der Waals surface area contributed by atoms with E-state index in [0.717, 1.165) is 37.4 Å². The molecular weight excluding hydrogens is 312 g/mol. The van der Waals surface area contributed by atoms with Crippen LogP contribution < -0.4 is 0 Å². The second-order valence-electron chi connectivity index (χ2n) is 5.69. The normalized spacial score (nSPS) is 15.8. The fourth-order valence-corrected chi connectivity index (χ4v) is 3.26. The number of aromatic nitrogens is 4. The van der Waals surface area contributed by atoms with Crippen LogP contribution >= 0.6 is 11.8 Å². The molecule has 2 heterocycles. The summed E-state index contributed by atoms with van der Waals surface area (Å²) in [5.74, 6) is 0.498. The first kappa shape index (κ1) is 15.9. The zero-order valence-corrected chi connectivity index (χ0v) is 14.2. The van der Waals surface area contributed by atoms with Crippen LogP contribution in [0.1, 0.15) is 5.56 Å². The lowest BCUT2D eigenvalue weighted by Gasteiger charge is -2.32. The number of carbonyl (C=O) groups excluding carboxylic acids is 1. The highest BCUT2D eigenvalue weighted by Crippen LogP contribution is 2.19. The van der Waals surface area contributed by atoms with E-state index >= 15 is 0 Å². The van der Waals surface area contributed by atoms with Gasteiger partial charge in [-0.25, -0.2) is 0 Å². The molecular formula is C15H20N6OS. The van der Waals surface area contributed by atoms with E-state index in [1.165, 1.54) is 11.8 Å². The lowest BCUT2D eigenvalue weighted by molar-refractivity contribution is -0.129. The van der Waals surface area contributed by atoms with E-state index in [2.05, 4.69) is 27.5 Å². The summed E-state index contributed by atoms with van der Waals surface area (Å²) in [5, 5.41) is 12.4. The van der Waals surface area contributed by atoms with Crippen LogP contribution in [0, 0.1) is 6.92 Å². The second kappa shape index (κ2) is 7.10. The highest BCUT2D eigenvalue weighted by molar-refractivity contribution is 7.99. The summed E-state index contributed by atoms with van der Waals surface area (Å²) in [6, 6.07) is 7.96. The predicted octanol–water partition coefficient (Wildman–Crippen LogP) is 0.837. The topological polar surface area (TPSA) is 67.2 Å². The van der Waals surface area contributed by atoms with Crippen LogP contribution in [0.2, 0.25) is 0 Å². The Kier molecular flexibility index (Phi) is 4.92. The molecule has 0 spiro atoms. The number of hydrogen-bond donors (Lipinski definition) is 0. The van der Waals surface area contributed by atoms with E-state index in [0.29, 0.717) is 10.9 Å². The first-order valence-corrected chi connectivity index (χ1v) is 8.56. The predicted molar refractivity (Wildman–Crippen MR) is 88.7 cm³/mol. The van der Waals surface area contributed by atoms with Gasteiger partial charge in [0, 0.05) is 26.2 Å². The van der Waals surface area contributed by atoms with Crippen LogP contribution in [0.25, 0.3) is 5.69 Å². The summed E-state index contributed by atoms with van der Waals surface area (Å²) in [6.07, 6.45) is 0. The number of thioether (sulfide) groups is 1. The highest BCUT2D eigenvalue weighted by atomic mass is 32.2. The fourth-order valence-electron chi connectivity index (χ4n) is 2.46. The minimum Gasteiger partial charge on any atom is -0.339 e. The van der Waals surface area contributed by atoms with Crippen LogP contribution in [0.5, 0.6) is 0 Å². The lowest BCUT2D eigenvalue weighted by atomic mass is 10.2. The van der Waals surface area contributed by atoms with E-state index in [1.807, 2.05) is 36.1 Å². The van der Waals surface area contributed by atoms with Crippen LogP contribution in [0.3, 0.4) is 0 Å². The third kappa shape index (κ3) is 3.89. The number of tetrazole rings is 1. The molecule has 1 amide bonds. The zero-order chi connectivity index (χ0) is 16.2. The van der Waals surface area contributed by atoms with Gasteiger partial charge in [-0.1, -0.05) is 23.9 Å². The van der Waals surface area contributed by atoms with Gasteiger partial charge in [-0.3, -0.25) is 4.79 Å². The third-order valence-corrected chi connectivity index (χ3v) is 4.77. The van der Waals surface area contributed by atoms with Crippen molar-refractivity contribution in [1.82, 2.24) is 30.0 Å². The monoisotopic (exact) mass is 332 g/mol. The first-order chi connectivity index (χ1) is 11.1. The number of aryl methyl sites for hydroxylation is 1. The first-order valence-electron chi connectivity index (χ1n) is 7.58. The summed E-state index contributed by atoms with van der Waals surface area (Å²) in [7, 11) is 2.08. The minimum atomic E-state index is 0.141. The van der Waals surface area contributed by atoms with Crippen molar-refractivity contribution in [3.8, 4) is 5.69 Å². The fraction of sp³-hybridized carbons (Fsp3) is 0.467. The van der Waals surface area contributed by atoms with Crippen LogP contribution in [-0.2, 0) is 4.79 Å². The van der Waals surface area contributed by atoms with Crippen LogP contribution in [0.15, 0.2) is 29.4 Å². The molecule has 1 aromatic heterocycles. The van der Waals surface area contributed by atoms with Crippen molar-refractivity contribution in [3.05, 3.63) is 29.8 Å². The van der Waals surface area contributed by atoms with Gasteiger partial charge in [0.05, 0.1) is 11.4 Å². The van der Waals surface area contributed by atoms with Gasteiger partial charge in [0.1, 0.15) is 0 Å². The molecule has 0 N–H and O–H groups in total. The Morgan fingerprint density at radius 1 is 1.26 bits per heavy atom. The maximum atomic E-state index is 12.3. The minimum absolute atomic E-state index is 0.141. The molecule has 3 rings (SSSR count). The summed E-state index contributed by atoms with van der Waals surface area (Å²) in [6.45, 7) is 5.46. The Balaban J connectivity index is 1.63. The molecule has 122 valence electrons. The van der Waals surface area contributed by atoms with Crippen LogP contribution in [-0.4, -0.2) is 74.9 Å². The molecule has 1 saturated heterocycles. The lowest BCUT2D eigenvalue weighted by Crippen LogP contribution is -2.47. The van der Waals surface area contributed by atoms with Crippen molar-refractivity contribution in [2.75, 3.05) is 39.0 Å². The summed E-state index contributed by atoms with van der Waals surface area (Å²) < 4.78 is 1.68. The number of rotatable bonds is 4. The number of piperazine rings is 1. The van der Waals surface area contributed by atoms with Crippen molar-refractivity contribution in [2.24, 2.45) is 0 Å². The second-order valence-corrected chi connectivity index (χ2v) is 6.63. The molecule has 0 saturated carbocycles. The van der Waals surface area contributed by atoms with Crippen molar-refractivity contribution in [2.45, 2.75) is 12.1 Å². The summed E-state index contributed by atoms with van der Waals surface area (Å²) in [5.41, 5.74) is 2.05. The number of carbonyl (C=O) groups is 1. The number of hydrogen-bond acceptors (Lipinski definition) is 6. The van der Waals surface area contributed by atoms with Gasteiger partial charge in [-0.15, -0.1) is 5.10 Å². The van der Waals surface area contributed by atoms with Gasteiger partial charge >= 0.3 is 0 Å². The van der Waals surface area contributed by atoms with E-state index in [9.17, 15) is 4.79 Å². The van der Waals surface area contributed by atoms with Gasteiger partial charge < -0.3 is 9.80 Å². The Morgan fingerprint density at radius 3 is 2.78 bits per heavy atom. The molecule has 1 aliphatic rings. The molecule has 1 aliphatic heterocycles. The molecule has 0 radical (unpaired) electrons. The number of likely N-dealkylation sites (N-methyl/N-ethyl adjacent to an activating group) is 1. The molecule has 2 aromatic rings. The summed E-state index contributed by atoms with van der Waals surface area (Å²) >= 11 is 1.38. The smallest absolute Gasteiger partial charge is 0.233 e. The molecule has 0 aliphatic carbocycles. The maximum Gasteiger partial charge on any atom is 0.233 e. The highest BCUT2D eigenvalue weighted by Gasteiger charge is 2.20. The van der Waals surface area contributed by atoms with Gasteiger partial charge in [-0.05, 0) is 42.1 Å². The molecule has 0 atom stereocenters. The van der Waals surface area contributed by atoms with E-state index in [4.69, 9.17) is 0 Å². The Morgan fingerprint density at radius 2 is 2.04 bits per heavy atom. The van der Waals surface area contributed by atoms with Gasteiger partial charge in [-0.2, -0.15) is 4.68 Å². The molecule has 8 heteroatoms. The third-order valence-electron chi connectivity index (χ3n) is 3.87. The largest absolute Gasteiger partial charge is 0.339 e. The quantitative estimate of drug-likeness (QED) is 0.773. The maximum absolute atomic E-state index is 12.3. The van der Waals surface area contributed by atoms with Gasteiger partial charge in [0.2, 0.25) is 11.1 Å². The van der Waals surface area contributed by atoms with Crippen molar-refractivity contribution in [3.63, 3.8) is 0 Å². The van der Waals surface area contributed by atoms with E-state index in [1.54, 1.807) is 4.68 Å². The SMILES string of the molecule is Cc1cccc(-n2nnnc2SCC(=O)N2CCN(C)CC2)c1. The Labute approximate surface area is 139 Å².